The molecule has 2 aromatic carbocycles. The molecule has 3 rings (SSSR count). The third-order valence-corrected chi connectivity index (χ3v) is 5.93. The fourth-order valence-electron chi connectivity index (χ4n) is 3.34. The number of aryl methyl sites for hydroxylation is 2. The molecule has 0 aliphatic carbocycles. The van der Waals surface area contributed by atoms with Crippen LogP contribution < -0.4 is 14.4 Å². The highest BCUT2D eigenvalue weighted by atomic mass is 32.2. The van der Waals surface area contributed by atoms with E-state index >= 15 is 0 Å². The number of thioether (sulfide) groups is 1. The minimum absolute atomic E-state index is 0.119. The van der Waals surface area contributed by atoms with Crippen molar-refractivity contribution in [3.05, 3.63) is 70.1 Å². The number of methoxy groups -OCH3 is 2. The van der Waals surface area contributed by atoms with Crippen LogP contribution in [-0.2, 0) is 11.2 Å². The maximum absolute atomic E-state index is 13.1. The van der Waals surface area contributed by atoms with E-state index in [1.54, 1.807) is 25.2 Å². The van der Waals surface area contributed by atoms with Gasteiger partial charge in [-0.1, -0.05) is 47.8 Å². The van der Waals surface area contributed by atoms with Crippen molar-refractivity contribution in [2.45, 2.75) is 20.3 Å². The van der Waals surface area contributed by atoms with E-state index in [-0.39, 0.29) is 5.91 Å². The van der Waals surface area contributed by atoms with Gasteiger partial charge in [-0.3, -0.25) is 9.69 Å². The summed E-state index contributed by atoms with van der Waals surface area (Å²) >= 11 is 6.81. The van der Waals surface area contributed by atoms with Gasteiger partial charge in [0.25, 0.3) is 5.91 Å². The molecule has 0 unspecified atom stereocenters. The molecule has 0 spiro atoms. The molecule has 1 heterocycles. The second-order valence-corrected chi connectivity index (χ2v) is 8.39. The first-order valence-electron chi connectivity index (χ1n) is 9.10. The van der Waals surface area contributed by atoms with Crippen LogP contribution in [0.25, 0.3) is 6.08 Å². The minimum atomic E-state index is -0.119. The molecule has 0 radical (unpaired) electrons. The maximum Gasteiger partial charge on any atom is 0.270 e. The molecule has 6 heteroatoms. The molecule has 0 N–H and O–H groups in total. The highest BCUT2D eigenvalue weighted by Crippen LogP contribution is 2.39. The smallest absolute Gasteiger partial charge is 0.270 e. The molecule has 1 saturated heterocycles. The maximum atomic E-state index is 13.1. The normalized spacial score (nSPS) is 15.2. The average molecular weight is 426 g/mol. The van der Waals surface area contributed by atoms with Gasteiger partial charge in [0, 0.05) is 5.56 Å². The molecule has 1 fully saturated rings. The molecule has 29 heavy (non-hydrogen) atoms. The SMILES string of the molecule is C=CCc1cc(/C=C2/SC(=S)N(c3ccc(C)cc3C)C2=O)cc(OC)c1OC. The van der Waals surface area contributed by atoms with E-state index in [4.69, 9.17) is 21.7 Å². The van der Waals surface area contributed by atoms with Crippen LogP contribution in [0.1, 0.15) is 22.3 Å². The van der Waals surface area contributed by atoms with Gasteiger partial charge < -0.3 is 9.47 Å². The van der Waals surface area contributed by atoms with Gasteiger partial charge in [-0.25, -0.2) is 0 Å². The Balaban J connectivity index is 2.01. The van der Waals surface area contributed by atoms with Crippen LogP contribution in [0.2, 0.25) is 0 Å². The van der Waals surface area contributed by atoms with Crippen molar-refractivity contribution in [2.24, 2.45) is 0 Å². The second kappa shape index (κ2) is 8.84. The van der Waals surface area contributed by atoms with Gasteiger partial charge in [0.1, 0.15) is 0 Å². The van der Waals surface area contributed by atoms with Crippen molar-refractivity contribution < 1.29 is 14.3 Å². The fourth-order valence-corrected chi connectivity index (χ4v) is 4.63. The number of carbonyl (C=O) groups is 1. The number of anilines is 1. The zero-order valence-corrected chi connectivity index (χ0v) is 18.6. The van der Waals surface area contributed by atoms with E-state index in [1.165, 1.54) is 11.8 Å². The number of benzene rings is 2. The molecule has 0 aromatic heterocycles. The van der Waals surface area contributed by atoms with Crippen molar-refractivity contribution in [2.75, 3.05) is 19.1 Å². The molecule has 1 aliphatic rings. The number of thiocarbonyl (C=S) groups is 1. The van der Waals surface area contributed by atoms with Crippen molar-refractivity contribution >= 4 is 46.0 Å². The molecule has 1 aliphatic heterocycles. The highest BCUT2D eigenvalue weighted by Gasteiger charge is 2.34. The summed E-state index contributed by atoms with van der Waals surface area (Å²) in [6.45, 7) is 7.82. The number of carbonyl (C=O) groups excluding carboxylic acids is 1. The van der Waals surface area contributed by atoms with E-state index in [2.05, 4.69) is 6.58 Å². The predicted octanol–water partition coefficient (Wildman–Crippen LogP) is 5.45. The number of nitrogens with zero attached hydrogens (tertiary/aromatic N) is 1. The quantitative estimate of drug-likeness (QED) is 0.349. The summed E-state index contributed by atoms with van der Waals surface area (Å²) in [5.74, 6) is 1.17. The third kappa shape index (κ3) is 4.23. The van der Waals surface area contributed by atoms with E-state index in [0.29, 0.717) is 27.1 Å². The average Bonchev–Trinajstić information content (AvgIpc) is 2.95. The molecule has 0 bridgehead atoms. The predicted molar refractivity (Wildman–Crippen MR) is 125 cm³/mol. The molecule has 4 nitrogen and oxygen atoms in total. The first kappa shape index (κ1) is 21.1. The Morgan fingerprint density at radius 3 is 2.55 bits per heavy atom. The molecule has 150 valence electrons. The van der Waals surface area contributed by atoms with Crippen molar-refractivity contribution in [1.29, 1.82) is 0 Å². The Morgan fingerprint density at radius 1 is 1.17 bits per heavy atom. The monoisotopic (exact) mass is 425 g/mol. The Bertz CT molecular complexity index is 1030. The van der Waals surface area contributed by atoms with E-state index in [0.717, 1.165) is 27.9 Å². The lowest BCUT2D eigenvalue weighted by atomic mass is 10.0. The summed E-state index contributed by atoms with van der Waals surface area (Å²) in [5, 5.41) is 0. The number of hydrogen-bond acceptors (Lipinski definition) is 5. The van der Waals surface area contributed by atoms with Gasteiger partial charge in [0.15, 0.2) is 15.8 Å². The van der Waals surface area contributed by atoms with Crippen molar-refractivity contribution in [3.8, 4) is 11.5 Å². The van der Waals surface area contributed by atoms with E-state index < -0.39 is 0 Å². The molecule has 0 saturated carbocycles. The first-order chi connectivity index (χ1) is 13.9. The Labute approximate surface area is 181 Å². The van der Waals surface area contributed by atoms with Crippen LogP contribution in [0.3, 0.4) is 0 Å². The first-order valence-corrected chi connectivity index (χ1v) is 10.3. The number of amides is 1. The molecular weight excluding hydrogens is 402 g/mol. The number of ether oxygens (including phenoxy) is 2. The van der Waals surface area contributed by atoms with Crippen LogP contribution in [0.15, 0.2) is 47.9 Å². The fraction of sp³-hybridized carbons (Fsp3) is 0.217. The Hall–Kier alpha value is -2.57. The Morgan fingerprint density at radius 2 is 1.93 bits per heavy atom. The van der Waals surface area contributed by atoms with Gasteiger partial charge in [-0.2, -0.15) is 0 Å². The van der Waals surface area contributed by atoms with Gasteiger partial charge >= 0.3 is 0 Å². The van der Waals surface area contributed by atoms with Crippen LogP contribution in [0.5, 0.6) is 11.5 Å². The topological polar surface area (TPSA) is 38.8 Å². The lowest BCUT2D eigenvalue weighted by Gasteiger charge is -2.17. The summed E-state index contributed by atoms with van der Waals surface area (Å²) in [5.41, 5.74) is 4.77. The van der Waals surface area contributed by atoms with Gasteiger partial charge in [0.2, 0.25) is 0 Å². The van der Waals surface area contributed by atoms with E-state index in [9.17, 15) is 4.79 Å². The molecular formula is C23H23NO3S2. The van der Waals surface area contributed by atoms with Gasteiger partial charge in [-0.15, -0.1) is 6.58 Å². The highest BCUT2D eigenvalue weighted by molar-refractivity contribution is 8.27. The standard InChI is InChI=1S/C23H23NO3S2/c1-6-7-17-11-16(12-19(26-4)21(17)27-5)13-20-22(25)24(23(28)29-20)18-9-8-14(2)10-15(18)3/h6,8-13H,1,7H2,2-5H3/b20-13+. The van der Waals surface area contributed by atoms with Crippen LogP contribution in [0.4, 0.5) is 5.69 Å². The van der Waals surface area contributed by atoms with Crippen molar-refractivity contribution in [3.63, 3.8) is 0 Å². The minimum Gasteiger partial charge on any atom is -0.493 e. The van der Waals surface area contributed by atoms with Crippen LogP contribution in [-0.4, -0.2) is 24.4 Å². The molecule has 1 amide bonds. The lowest BCUT2D eigenvalue weighted by Crippen LogP contribution is -2.28. The zero-order chi connectivity index (χ0) is 21.1. The van der Waals surface area contributed by atoms with Gasteiger partial charge in [-0.05, 0) is 55.7 Å². The summed E-state index contributed by atoms with van der Waals surface area (Å²) in [4.78, 5) is 15.3. The third-order valence-electron chi connectivity index (χ3n) is 4.63. The zero-order valence-electron chi connectivity index (χ0n) is 16.9. The number of allylic oxidation sites excluding steroid dienone is 1. The van der Waals surface area contributed by atoms with Gasteiger partial charge in [0.05, 0.1) is 24.8 Å². The number of rotatable bonds is 6. The molecule has 2 aromatic rings. The largest absolute Gasteiger partial charge is 0.493 e. The van der Waals surface area contributed by atoms with Crippen molar-refractivity contribution in [1.82, 2.24) is 0 Å². The summed E-state index contributed by atoms with van der Waals surface area (Å²) in [6.07, 6.45) is 4.28. The van der Waals surface area contributed by atoms with Crippen LogP contribution >= 0.6 is 24.0 Å². The molecule has 0 atom stereocenters. The Kier molecular flexibility index (Phi) is 6.45. The summed E-state index contributed by atoms with van der Waals surface area (Å²) in [7, 11) is 3.21. The second-order valence-electron chi connectivity index (χ2n) is 6.72. The number of hydrogen-bond donors (Lipinski definition) is 0. The summed E-state index contributed by atoms with van der Waals surface area (Å²) in [6, 6.07) is 9.81. The lowest BCUT2D eigenvalue weighted by molar-refractivity contribution is -0.113. The summed E-state index contributed by atoms with van der Waals surface area (Å²) < 4.78 is 11.5. The van der Waals surface area contributed by atoms with Crippen LogP contribution in [0, 0.1) is 13.8 Å². The van der Waals surface area contributed by atoms with E-state index in [1.807, 2.05) is 50.3 Å².